The quantitative estimate of drug-likeness (QED) is 0.887. The second-order valence-electron chi connectivity index (χ2n) is 2.59. The molecule has 1 nitrogen and oxygen atoms in total. The van der Waals surface area contributed by atoms with Gasteiger partial charge in [0, 0.05) is 26.8 Å². The maximum absolute atomic E-state index is 5.65. The van der Waals surface area contributed by atoms with Crippen LogP contribution in [0.1, 0.15) is 4.88 Å². The van der Waals surface area contributed by atoms with Crippen molar-refractivity contribution in [1.29, 1.82) is 0 Å². The molecule has 0 radical (unpaired) electrons. The molecule has 0 amide bonds. The van der Waals surface area contributed by atoms with Gasteiger partial charge in [0.15, 0.2) is 0 Å². The van der Waals surface area contributed by atoms with E-state index in [0.717, 1.165) is 4.47 Å². The van der Waals surface area contributed by atoms with Crippen LogP contribution in [0.5, 0.6) is 0 Å². The van der Waals surface area contributed by atoms with Crippen molar-refractivity contribution in [3.8, 4) is 11.1 Å². The first-order valence-corrected chi connectivity index (χ1v) is 6.43. The van der Waals surface area contributed by atoms with Crippen LogP contribution >= 0.6 is 38.6 Å². The average molecular weight is 274 g/mol. The van der Waals surface area contributed by atoms with E-state index in [1.54, 1.807) is 22.7 Å². The lowest BCUT2D eigenvalue weighted by Crippen LogP contribution is -1.94. The van der Waals surface area contributed by atoms with Gasteiger partial charge in [-0.1, -0.05) is 0 Å². The summed E-state index contributed by atoms with van der Waals surface area (Å²) >= 11 is 6.94. The van der Waals surface area contributed by atoms with Crippen LogP contribution in [0.4, 0.5) is 0 Å². The summed E-state index contributed by atoms with van der Waals surface area (Å²) in [6, 6.07) is 2.12. The highest BCUT2D eigenvalue weighted by molar-refractivity contribution is 9.10. The summed E-state index contributed by atoms with van der Waals surface area (Å²) in [6.07, 6.45) is 0. The Bertz CT molecular complexity index is 405. The summed E-state index contributed by atoms with van der Waals surface area (Å²) in [5, 5.41) is 6.32. The Morgan fingerprint density at radius 3 is 2.77 bits per heavy atom. The third-order valence-corrected chi connectivity index (χ3v) is 4.48. The van der Waals surface area contributed by atoms with Crippen LogP contribution in [0, 0.1) is 0 Å². The van der Waals surface area contributed by atoms with Crippen LogP contribution in [-0.2, 0) is 6.54 Å². The number of hydrogen-bond acceptors (Lipinski definition) is 3. The monoisotopic (exact) mass is 273 g/mol. The highest BCUT2D eigenvalue weighted by Gasteiger charge is 2.08. The number of nitrogens with two attached hydrogens (primary N) is 1. The molecule has 68 valence electrons. The van der Waals surface area contributed by atoms with E-state index < -0.39 is 0 Å². The smallest absolute Gasteiger partial charge is 0.0361 e. The van der Waals surface area contributed by atoms with E-state index in [1.165, 1.54) is 16.0 Å². The molecule has 0 aliphatic heterocycles. The van der Waals surface area contributed by atoms with Gasteiger partial charge in [-0.05, 0) is 38.3 Å². The lowest BCUT2D eigenvalue weighted by Gasteiger charge is -1.98. The number of hydrogen-bond donors (Lipinski definition) is 1. The minimum Gasteiger partial charge on any atom is -0.326 e. The number of halogens is 1. The molecule has 0 unspecified atom stereocenters. The van der Waals surface area contributed by atoms with Crippen molar-refractivity contribution in [2.75, 3.05) is 0 Å². The summed E-state index contributed by atoms with van der Waals surface area (Å²) in [5.41, 5.74) is 8.17. The summed E-state index contributed by atoms with van der Waals surface area (Å²) < 4.78 is 1.16. The van der Waals surface area contributed by atoms with E-state index in [9.17, 15) is 0 Å². The van der Waals surface area contributed by atoms with E-state index in [0.29, 0.717) is 6.54 Å². The van der Waals surface area contributed by atoms with Gasteiger partial charge in [0.25, 0.3) is 0 Å². The van der Waals surface area contributed by atoms with Crippen molar-refractivity contribution in [3.05, 3.63) is 31.6 Å². The molecule has 2 heterocycles. The molecule has 4 heteroatoms. The van der Waals surface area contributed by atoms with Crippen molar-refractivity contribution in [3.63, 3.8) is 0 Å². The molecule has 0 saturated heterocycles. The molecule has 0 aromatic carbocycles. The van der Waals surface area contributed by atoms with Gasteiger partial charge in [0.05, 0.1) is 0 Å². The van der Waals surface area contributed by atoms with Crippen LogP contribution < -0.4 is 5.73 Å². The maximum atomic E-state index is 5.65. The second kappa shape index (κ2) is 3.92. The zero-order valence-electron chi connectivity index (χ0n) is 6.79. The molecule has 2 rings (SSSR count). The fraction of sp³-hybridized carbons (Fsp3) is 0.111. The van der Waals surface area contributed by atoms with Crippen molar-refractivity contribution < 1.29 is 0 Å². The molecule has 0 saturated carbocycles. The van der Waals surface area contributed by atoms with Crippen molar-refractivity contribution in [1.82, 2.24) is 0 Å². The minimum absolute atomic E-state index is 0.620. The first-order valence-electron chi connectivity index (χ1n) is 3.81. The molecule has 0 bridgehead atoms. The Hall–Kier alpha value is -0.160. The molecule has 0 atom stereocenters. The topological polar surface area (TPSA) is 26.0 Å². The van der Waals surface area contributed by atoms with E-state index in [4.69, 9.17) is 5.73 Å². The van der Waals surface area contributed by atoms with Gasteiger partial charge in [-0.3, -0.25) is 0 Å². The molecule has 0 aliphatic rings. The van der Waals surface area contributed by atoms with Crippen LogP contribution in [-0.4, -0.2) is 0 Å². The van der Waals surface area contributed by atoms with Crippen LogP contribution in [0.3, 0.4) is 0 Å². The first kappa shape index (κ1) is 9.40. The molecule has 0 fully saturated rings. The molecular formula is C9H8BrNS2. The van der Waals surface area contributed by atoms with Gasteiger partial charge in [0.1, 0.15) is 0 Å². The van der Waals surface area contributed by atoms with Crippen molar-refractivity contribution in [2.45, 2.75) is 6.54 Å². The summed E-state index contributed by atoms with van der Waals surface area (Å²) in [4.78, 5) is 1.25. The van der Waals surface area contributed by atoms with E-state index >= 15 is 0 Å². The SMILES string of the molecule is NCc1sccc1-c1cscc1Br. The normalized spacial score (nSPS) is 10.6. The zero-order valence-corrected chi connectivity index (χ0v) is 10.0. The molecule has 13 heavy (non-hydrogen) atoms. The predicted molar refractivity (Wildman–Crippen MR) is 63.2 cm³/mol. The zero-order chi connectivity index (χ0) is 9.26. The second-order valence-corrected chi connectivity index (χ2v) is 5.19. The molecular weight excluding hydrogens is 266 g/mol. The lowest BCUT2D eigenvalue weighted by atomic mass is 10.1. The molecule has 2 aromatic heterocycles. The van der Waals surface area contributed by atoms with Crippen LogP contribution in [0.25, 0.3) is 11.1 Å². The largest absolute Gasteiger partial charge is 0.326 e. The highest BCUT2D eigenvalue weighted by atomic mass is 79.9. The summed E-state index contributed by atoms with van der Waals surface area (Å²) in [7, 11) is 0. The Labute approximate surface area is 93.3 Å². The standard InChI is InChI=1S/C9H8BrNS2/c10-8-5-12-4-7(8)6-1-2-13-9(6)3-11/h1-2,4-5H,3,11H2. The van der Waals surface area contributed by atoms with E-state index in [-0.39, 0.29) is 0 Å². The van der Waals surface area contributed by atoms with Gasteiger partial charge >= 0.3 is 0 Å². The fourth-order valence-corrected chi connectivity index (χ4v) is 3.49. The maximum Gasteiger partial charge on any atom is 0.0361 e. The highest BCUT2D eigenvalue weighted by Crippen LogP contribution is 2.35. The van der Waals surface area contributed by atoms with Crippen molar-refractivity contribution in [2.24, 2.45) is 5.73 Å². The summed E-state index contributed by atoms with van der Waals surface area (Å²) in [6.45, 7) is 0.620. The predicted octanol–water partition coefficient (Wildman–Crippen LogP) is 3.70. The van der Waals surface area contributed by atoms with Gasteiger partial charge in [0.2, 0.25) is 0 Å². The van der Waals surface area contributed by atoms with Gasteiger partial charge < -0.3 is 5.73 Å². The van der Waals surface area contributed by atoms with Crippen LogP contribution in [0.2, 0.25) is 0 Å². The van der Waals surface area contributed by atoms with Crippen molar-refractivity contribution >= 4 is 38.6 Å². The van der Waals surface area contributed by atoms with E-state index in [1.807, 2.05) is 0 Å². The number of thiophene rings is 2. The third-order valence-electron chi connectivity index (χ3n) is 1.84. The Balaban J connectivity index is 2.52. The fourth-order valence-electron chi connectivity index (χ4n) is 1.21. The van der Waals surface area contributed by atoms with E-state index in [2.05, 4.69) is 38.1 Å². The van der Waals surface area contributed by atoms with Gasteiger partial charge in [-0.15, -0.1) is 11.3 Å². The average Bonchev–Trinajstić information content (AvgIpc) is 2.71. The molecule has 2 N–H and O–H groups in total. The molecule has 0 spiro atoms. The van der Waals surface area contributed by atoms with Crippen LogP contribution in [0.15, 0.2) is 26.7 Å². The summed E-state index contributed by atoms with van der Waals surface area (Å²) in [5.74, 6) is 0. The Morgan fingerprint density at radius 1 is 1.31 bits per heavy atom. The molecule has 2 aromatic rings. The first-order chi connectivity index (χ1) is 6.33. The number of rotatable bonds is 2. The van der Waals surface area contributed by atoms with Gasteiger partial charge in [-0.2, -0.15) is 11.3 Å². The molecule has 0 aliphatic carbocycles. The minimum atomic E-state index is 0.620. The van der Waals surface area contributed by atoms with Gasteiger partial charge in [-0.25, -0.2) is 0 Å². The third kappa shape index (κ3) is 1.72. The Kier molecular flexibility index (Phi) is 2.83. The Morgan fingerprint density at radius 2 is 2.15 bits per heavy atom. The lowest BCUT2D eigenvalue weighted by molar-refractivity contribution is 1.11.